The van der Waals surface area contributed by atoms with Crippen molar-refractivity contribution >= 4 is 52.0 Å². The molecule has 168 valence electrons. The molecule has 0 atom stereocenters. The fourth-order valence-electron chi connectivity index (χ4n) is 3.34. The molecular weight excluding hydrogens is 458 g/mol. The summed E-state index contributed by atoms with van der Waals surface area (Å²) < 4.78 is 7.18. The first kappa shape index (κ1) is 22.9. The first-order valence-electron chi connectivity index (χ1n) is 10.3. The number of benzene rings is 3. The number of para-hydroxylation sites is 2. The number of thioether (sulfide) groups is 1. The van der Waals surface area contributed by atoms with E-state index in [4.69, 9.17) is 16.3 Å². The molecular formula is C25H22ClN3O3S. The third kappa shape index (κ3) is 5.94. The van der Waals surface area contributed by atoms with Gasteiger partial charge in [0.1, 0.15) is 0 Å². The molecule has 6 nitrogen and oxygen atoms in total. The SMILES string of the molecule is Cc1cccc(NC(=O)COC(=O)CSc2nc3ccccc3n2Cc2ccccc2Cl)c1. The zero-order chi connectivity index (χ0) is 23.2. The smallest absolute Gasteiger partial charge is 0.316 e. The fourth-order valence-corrected chi connectivity index (χ4v) is 4.35. The third-order valence-corrected chi connectivity index (χ3v) is 6.21. The zero-order valence-corrected chi connectivity index (χ0v) is 19.5. The minimum atomic E-state index is -0.490. The summed E-state index contributed by atoms with van der Waals surface area (Å²) in [7, 11) is 0. The van der Waals surface area contributed by atoms with Gasteiger partial charge in [-0.2, -0.15) is 0 Å². The van der Waals surface area contributed by atoms with E-state index in [-0.39, 0.29) is 18.3 Å². The lowest BCUT2D eigenvalue weighted by atomic mass is 10.2. The van der Waals surface area contributed by atoms with Crippen LogP contribution in [0.3, 0.4) is 0 Å². The van der Waals surface area contributed by atoms with Crippen molar-refractivity contribution in [3.05, 3.63) is 88.9 Å². The van der Waals surface area contributed by atoms with E-state index in [2.05, 4.69) is 10.3 Å². The Bertz CT molecular complexity index is 1310. The summed E-state index contributed by atoms with van der Waals surface area (Å²) in [4.78, 5) is 29.0. The van der Waals surface area contributed by atoms with Crippen LogP contribution >= 0.6 is 23.4 Å². The van der Waals surface area contributed by atoms with E-state index >= 15 is 0 Å². The Labute approximate surface area is 200 Å². The number of hydrogen-bond acceptors (Lipinski definition) is 5. The first-order chi connectivity index (χ1) is 16.0. The topological polar surface area (TPSA) is 73.2 Å². The Morgan fingerprint density at radius 1 is 1.06 bits per heavy atom. The third-order valence-electron chi connectivity index (χ3n) is 4.89. The summed E-state index contributed by atoms with van der Waals surface area (Å²) in [6.45, 7) is 2.12. The van der Waals surface area contributed by atoms with Gasteiger partial charge in [0.25, 0.3) is 5.91 Å². The van der Waals surface area contributed by atoms with E-state index in [1.165, 1.54) is 11.8 Å². The number of aromatic nitrogens is 2. The molecule has 0 unspecified atom stereocenters. The van der Waals surface area contributed by atoms with Gasteiger partial charge in [-0.3, -0.25) is 9.59 Å². The lowest BCUT2D eigenvalue weighted by Gasteiger charge is -2.10. The Balaban J connectivity index is 1.39. The molecule has 1 N–H and O–H groups in total. The molecule has 0 fully saturated rings. The van der Waals surface area contributed by atoms with Crippen LogP contribution in [-0.2, 0) is 20.9 Å². The second-order valence-corrected chi connectivity index (χ2v) is 8.78. The molecule has 33 heavy (non-hydrogen) atoms. The van der Waals surface area contributed by atoms with Crippen molar-refractivity contribution in [3.8, 4) is 0 Å². The van der Waals surface area contributed by atoms with Crippen LogP contribution < -0.4 is 5.32 Å². The van der Waals surface area contributed by atoms with Gasteiger partial charge in [-0.05, 0) is 48.4 Å². The molecule has 0 aliphatic rings. The van der Waals surface area contributed by atoms with Crippen LogP contribution in [0.2, 0.25) is 5.02 Å². The monoisotopic (exact) mass is 479 g/mol. The molecule has 3 aromatic carbocycles. The normalized spacial score (nSPS) is 10.8. The molecule has 1 amide bonds. The molecule has 4 aromatic rings. The number of nitrogens with zero attached hydrogens (tertiary/aromatic N) is 2. The van der Waals surface area contributed by atoms with Crippen LogP contribution in [0.1, 0.15) is 11.1 Å². The molecule has 1 heterocycles. The number of anilines is 1. The first-order valence-corrected chi connectivity index (χ1v) is 11.7. The highest BCUT2D eigenvalue weighted by Gasteiger charge is 2.15. The molecule has 8 heteroatoms. The number of carbonyl (C=O) groups excluding carboxylic acids is 2. The summed E-state index contributed by atoms with van der Waals surface area (Å²) >= 11 is 7.62. The minimum Gasteiger partial charge on any atom is -0.455 e. The molecule has 0 saturated carbocycles. The molecule has 0 saturated heterocycles. The van der Waals surface area contributed by atoms with Crippen LogP contribution in [0, 0.1) is 6.92 Å². The second kappa shape index (κ2) is 10.6. The maximum atomic E-state index is 12.3. The van der Waals surface area contributed by atoms with Crippen molar-refractivity contribution in [1.82, 2.24) is 9.55 Å². The second-order valence-electron chi connectivity index (χ2n) is 7.43. The van der Waals surface area contributed by atoms with Gasteiger partial charge < -0.3 is 14.6 Å². The van der Waals surface area contributed by atoms with Crippen LogP contribution in [-0.4, -0.2) is 33.8 Å². The average Bonchev–Trinajstić information content (AvgIpc) is 3.15. The lowest BCUT2D eigenvalue weighted by molar-refractivity contribution is -0.144. The van der Waals surface area contributed by atoms with Gasteiger partial charge in [0.15, 0.2) is 11.8 Å². The van der Waals surface area contributed by atoms with Crippen molar-refractivity contribution in [2.24, 2.45) is 0 Å². The van der Waals surface area contributed by atoms with Gasteiger partial charge in [0, 0.05) is 10.7 Å². The van der Waals surface area contributed by atoms with E-state index in [0.717, 1.165) is 22.2 Å². The number of amides is 1. The number of hydrogen-bond donors (Lipinski definition) is 1. The number of nitrogens with one attached hydrogen (secondary N) is 1. The highest BCUT2D eigenvalue weighted by atomic mass is 35.5. The van der Waals surface area contributed by atoms with Crippen LogP contribution in [0.15, 0.2) is 78.0 Å². The van der Waals surface area contributed by atoms with Crippen LogP contribution in [0.4, 0.5) is 5.69 Å². The van der Waals surface area contributed by atoms with E-state index in [1.54, 1.807) is 6.07 Å². The number of fused-ring (bicyclic) bond motifs is 1. The van der Waals surface area contributed by atoms with Crippen molar-refractivity contribution in [1.29, 1.82) is 0 Å². The van der Waals surface area contributed by atoms with Gasteiger partial charge in [-0.25, -0.2) is 4.98 Å². The maximum Gasteiger partial charge on any atom is 0.316 e. The van der Waals surface area contributed by atoms with E-state index in [1.807, 2.05) is 78.2 Å². The number of aryl methyl sites for hydroxylation is 1. The predicted octanol–water partition coefficient (Wildman–Crippen LogP) is 5.32. The zero-order valence-electron chi connectivity index (χ0n) is 18.0. The van der Waals surface area contributed by atoms with E-state index in [9.17, 15) is 9.59 Å². The van der Waals surface area contributed by atoms with Crippen LogP contribution in [0.25, 0.3) is 11.0 Å². The number of imidazole rings is 1. The Hall–Kier alpha value is -3.29. The summed E-state index contributed by atoms with van der Waals surface area (Å²) in [5.74, 6) is -0.843. The maximum absolute atomic E-state index is 12.3. The largest absolute Gasteiger partial charge is 0.455 e. The molecule has 0 spiro atoms. The Kier molecular flexibility index (Phi) is 7.32. The standard InChI is InChI=1S/C25H22ClN3O3S/c1-17-7-6-9-19(13-17)27-23(30)15-32-24(31)16-33-25-28-21-11-4-5-12-22(21)29(25)14-18-8-2-3-10-20(18)26/h2-13H,14-16H2,1H3,(H,27,30). The lowest BCUT2D eigenvalue weighted by Crippen LogP contribution is -2.21. The molecule has 0 radical (unpaired) electrons. The van der Waals surface area contributed by atoms with E-state index in [0.29, 0.717) is 22.4 Å². The van der Waals surface area contributed by atoms with Crippen molar-refractivity contribution in [2.75, 3.05) is 17.7 Å². The van der Waals surface area contributed by atoms with Gasteiger partial charge in [-0.1, -0.05) is 65.8 Å². The minimum absolute atomic E-state index is 0.0313. The Morgan fingerprint density at radius 2 is 1.85 bits per heavy atom. The van der Waals surface area contributed by atoms with Gasteiger partial charge >= 0.3 is 5.97 Å². The van der Waals surface area contributed by atoms with Gasteiger partial charge in [-0.15, -0.1) is 0 Å². The van der Waals surface area contributed by atoms with Crippen LogP contribution in [0.5, 0.6) is 0 Å². The number of carbonyl (C=O) groups is 2. The average molecular weight is 480 g/mol. The molecule has 0 aliphatic heterocycles. The summed E-state index contributed by atoms with van der Waals surface area (Å²) in [5.41, 5.74) is 4.43. The van der Waals surface area contributed by atoms with Crippen molar-refractivity contribution in [3.63, 3.8) is 0 Å². The summed E-state index contributed by atoms with van der Waals surface area (Å²) in [5, 5.41) is 4.07. The highest BCUT2D eigenvalue weighted by Crippen LogP contribution is 2.27. The number of halogens is 1. The van der Waals surface area contributed by atoms with Crippen molar-refractivity contribution < 1.29 is 14.3 Å². The van der Waals surface area contributed by atoms with Crippen molar-refractivity contribution in [2.45, 2.75) is 18.6 Å². The summed E-state index contributed by atoms with van der Waals surface area (Å²) in [6.07, 6.45) is 0. The predicted molar refractivity (Wildman–Crippen MR) is 132 cm³/mol. The fraction of sp³-hybridized carbons (Fsp3) is 0.160. The van der Waals surface area contributed by atoms with Gasteiger partial charge in [0.05, 0.1) is 23.3 Å². The molecule has 1 aromatic heterocycles. The number of ether oxygens (including phenoxy) is 1. The number of rotatable bonds is 8. The quantitative estimate of drug-likeness (QED) is 0.273. The molecule has 0 bridgehead atoms. The molecule has 0 aliphatic carbocycles. The Morgan fingerprint density at radius 3 is 2.67 bits per heavy atom. The highest BCUT2D eigenvalue weighted by molar-refractivity contribution is 7.99. The number of esters is 1. The molecule has 4 rings (SSSR count). The van der Waals surface area contributed by atoms with Gasteiger partial charge in [0.2, 0.25) is 0 Å². The van der Waals surface area contributed by atoms with E-state index < -0.39 is 5.97 Å². The summed E-state index contributed by atoms with van der Waals surface area (Å²) in [6, 6.07) is 22.8.